The van der Waals surface area contributed by atoms with Crippen molar-refractivity contribution in [1.82, 2.24) is 14.8 Å². The third-order valence-corrected chi connectivity index (χ3v) is 6.31. The zero-order valence-electron chi connectivity index (χ0n) is 16.3. The number of thiazole rings is 1. The minimum absolute atomic E-state index is 0.0633. The Balaban J connectivity index is 1.18. The molecule has 0 bridgehead atoms. The Morgan fingerprint density at radius 3 is 2.38 bits per heavy atom. The van der Waals surface area contributed by atoms with Crippen molar-refractivity contribution < 1.29 is 9.59 Å². The second kappa shape index (κ2) is 8.31. The molecule has 2 aromatic carbocycles. The molecule has 0 spiro atoms. The number of aromatic nitrogens is 1. The van der Waals surface area contributed by atoms with Crippen molar-refractivity contribution in [3.05, 3.63) is 68.8 Å². The summed E-state index contributed by atoms with van der Waals surface area (Å²) in [5.41, 5.74) is 3.20. The van der Waals surface area contributed by atoms with E-state index in [2.05, 4.69) is 17.4 Å². The summed E-state index contributed by atoms with van der Waals surface area (Å²) < 4.78 is 2.70. The number of hydrogen-bond donors (Lipinski definition) is 1. The highest BCUT2D eigenvalue weighted by molar-refractivity contribution is 7.16. The van der Waals surface area contributed by atoms with Crippen LogP contribution in [0.1, 0.15) is 39.1 Å². The molecule has 1 aliphatic heterocycles. The molecule has 1 aromatic heterocycles. The van der Waals surface area contributed by atoms with Gasteiger partial charge in [-0.1, -0.05) is 29.5 Å². The fourth-order valence-electron chi connectivity index (χ4n) is 3.65. The van der Waals surface area contributed by atoms with Crippen molar-refractivity contribution in [3.8, 4) is 0 Å². The van der Waals surface area contributed by atoms with Gasteiger partial charge in [0.2, 0.25) is 0 Å². The third kappa shape index (κ3) is 3.88. The van der Waals surface area contributed by atoms with E-state index in [9.17, 15) is 14.4 Å². The number of rotatable bonds is 8. The van der Waals surface area contributed by atoms with Crippen LogP contribution in [0.5, 0.6) is 0 Å². The number of unbranched alkanes of at least 4 members (excludes halogenated alkanes) is 1. The van der Waals surface area contributed by atoms with E-state index in [4.69, 9.17) is 0 Å². The van der Waals surface area contributed by atoms with Gasteiger partial charge < -0.3 is 9.88 Å². The molecular formula is C22H23N3O3S. The summed E-state index contributed by atoms with van der Waals surface area (Å²) in [4.78, 5) is 37.8. The monoisotopic (exact) mass is 409 g/mol. The molecule has 2 amide bonds. The highest BCUT2D eigenvalue weighted by atomic mass is 32.1. The summed E-state index contributed by atoms with van der Waals surface area (Å²) >= 11 is 1.28. The number of nitrogens with one attached hydrogen (secondary N) is 1. The molecule has 0 unspecified atom stereocenters. The molecule has 7 heteroatoms. The first kappa shape index (κ1) is 19.5. The number of benzene rings is 2. The van der Waals surface area contributed by atoms with Gasteiger partial charge in [-0.25, -0.2) is 0 Å². The number of nitrogens with zero attached hydrogens (tertiary/aromatic N) is 2. The van der Waals surface area contributed by atoms with E-state index in [1.807, 2.05) is 6.07 Å². The first-order valence-corrected chi connectivity index (χ1v) is 10.6. The molecule has 0 aliphatic carbocycles. The van der Waals surface area contributed by atoms with E-state index in [0.717, 1.165) is 42.6 Å². The Bertz CT molecular complexity index is 1100. The lowest BCUT2D eigenvalue weighted by atomic mass is 10.1. The second-order valence-corrected chi connectivity index (χ2v) is 8.24. The summed E-state index contributed by atoms with van der Waals surface area (Å²) in [6.45, 7) is 2.14. The molecule has 1 aliphatic rings. The maximum Gasteiger partial charge on any atom is 0.307 e. The molecule has 0 saturated carbocycles. The lowest BCUT2D eigenvalue weighted by Crippen LogP contribution is -2.31. The third-order valence-electron chi connectivity index (χ3n) is 5.31. The van der Waals surface area contributed by atoms with Crippen molar-refractivity contribution in [2.24, 2.45) is 7.05 Å². The zero-order valence-corrected chi connectivity index (χ0v) is 17.1. The van der Waals surface area contributed by atoms with Gasteiger partial charge in [0.1, 0.15) is 0 Å². The van der Waals surface area contributed by atoms with Crippen LogP contribution in [0.25, 0.3) is 10.2 Å². The average molecular weight is 410 g/mol. The summed E-state index contributed by atoms with van der Waals surface area (Å²) in [7, 11) is 1.80. The number of carbonyl (C=O) groups is 2. The molecule has 1 N–H and O–H groups in total. The average Bonchev–Trinajstić information content (AvgIpc) is 3.15. The predicted octanol–water partition coefficient (Wildman–Crippen LogP) is 2.81. The van der Waals surface area contributed by atoms with Crippen LogP contribution in [0.15, 0.2) is 47.3 Å². The number of amides is 2. The number of fused-ring (bicyclic) bond motifs is 2. The minimum atomic E-state index is -0.183. The van der Waals surface area contributed by atoms with Crippen LogP contribution in [-0.4, -0.2) is 40.9 Å². The fourth-order valence-corrected chi connectivity index (χ4v) is 4.60. The first-order chi connectivity index (χ1) is 14.1. The molecular weight excluding hydrogens is 386 g/mol. The van der Waals surface area contributed by atoms with Gasteiger partial charge in [-0.3, -0.25) is 19.3 Å². The van der Waals surface area contributed by atoms with Gasteiger partial charge in [0, 0.05) is 13.6 Å². The molecule has 3 aromatic rings. The highest BCUT2D eigenvalue weighted by Crippen LogP contribution is 2.22. The van der Waals surface area contributed by atoms with Crippen LogP contribution in [0.3, 0.4) is 0 Å². The van der Waals surface area contributed by atoms with Gasteiger partial charge in [-0.2, -0.15) is 0 Å². The van der Waals surface area contributed by atoms with Crippen molar-refractivity contribution in [3.63, 3.8) is 0 Å². The topological polar surface area (TPSA) is 71.4 Å². The number of aryl methyl sites for hydroxylation is 1. The maximum atomic E-state index is 12.3. The minimum Gasteiger partial charge on any atom is -0.316 e. The highest BCUT2D eigenvalue weighted by Gasteiger charge is 2.34. The first-order valence-electron chi connectivity index (χ1n) is 9.80. The second-order valence-electron chi connectivity index (χ2n) is 7.24. The predicted molar refractivity (Wildman–Crippen MR) is 115 cm³/mol. The van der Waals surface area contributed by atoms with Crippen LogP contribution in [0, 0.1) is 0 Å². The van der Waals surface area contributed by atoms with E-state index in [1.54, 1.807) is 35.9 Å². The van der Waals surface area contributed by atoms with Gasteiger partial charge in [0.05, 0.1) is 21.3 Å². The van der Waals surface area contributed by atoms with E-state index >= 15 is 0 Å². The van der Waals surface area contributed by atoms with Crippen LogP contribution < -0.4 is 10.2 Å². The summed E-state index contributed by atoms with van der Waals surface area (Å²) in [5.74, 6) is -0.366. The SMILES string of the molecule is Cn1c(=O)sc2cc(CCNCCCCN3C(=O)c4ccccc4C3=O)ccc21. The zero-order chi connectivity index (χ0) is 20.4. The van der Waals surface area contributed by atoms with E-state index in [0.29, 0.717) is 17.7 Å². The lowest BCUT2D eigenvalue weighted by Gasteiger charge is -2.13. The summed E-state index contributed by atoms with van der Waals surface area (Å²) in [6.07, 6.45) is 2.57. The van der Waals surface area contributed by atoms with Crippen LogP contribution in [-0.2, 0) is 13.5 Å². The molecule has 4 rings (SSSR count). The van der Waals surface area contributed by atoms with Crippen molar-refractivity contribution in [2.45, 2.75) is 19.3 Å². The van der Waals surface area contributed by atoms with Crippen molar-refractivity contribution in [2.75, 3.05) is 19.6 Å². The van der Waals surface area contributed by atoms with Gasteiger partial charge >= 0.3 is 4.87 Å². The van der Waals surface area contributed by atoms with Crippen LogP contribution in [0.2, 0.25) is 0 Å². The normalized spacial score (nSPS) is 13.5. The van der Waals surface area contributed by atoms with E-state index < -0.39 is 0 Å². The molecule has 0 radical (unpaired) electrons. The molecule has 150 valence electrons. The van der Waals surface area contributed by atoms with Crippen molar-refractivity contribution >= 4 is 33.4 Å². The Hall–Kier alpha value is -2.77. The van der Waals surface area contributed by atoms with E-state index in [-0.39, 0.29) is 16.7 Å². The van der Waals surface area contributed by atoms with Crippen LogP contribution in [0.4, 0.5) is 0 Å². The van der Waals surface area contributed by atoms with Gasteiger partial charge in [-0.15, -0.1) is 0 Å². The standard InChI is InChI=1S/C22H23N3O3S/c1-24-18-9-8-15(14-19(18)29-22(24)28)10-12-23-11-4-5-13-25-20(26)16-6-2-3-7-17(16)21(25)27/h2-3,6-9,14,23H,4-5,10-13H2,1H3. The van der Waals surface area contributed by atoms with Gasteiger partial charge in [0.15, 0.2) is 0 Å². The fraction of sp³-hybridized carbons (Fsp3) is 0.318. The molecule has 29 heavy (non-hydrogen) atoms. The molecule has 0 atom stereocenters. The van der Waals surface area contributed by atoms with E-state index in [1.165, 1.54) is 21.8 Å². The van der Waals surface area contributed by atoms with Crippen molar-refractivity contribution in [1.29, 1.82) is 0 Å². The number of hydrogen-bond acceptors (Lipinski definition) is 5. The summed E-state index contributed by atoms with van der Waals surface area (Å²) in [5, 5.41) is 3.41. The lowest BCUT2D eigenvalue weighted by molar-refractivity contribution is 0.0651. The Morgan fingerprint density at radius 1 is 0.931 bits per heavy atom. The Labute approximate surface area is 172 Å². The molecule has 0 fully saturated rings. The van der Waals surface area contributed by atoms with Gasteiger partial charge in [0.25, 0.3) is 11.8 Å². The Kier molecular flexibility index (Phi) is 5.60. The number of carbonyl (C=O) groups excluding carboxylic acids is 2. The largest absolute Gasteiger partial charge is 0.316 e. The molecule has 6 nitrogen and oxygen atoms in total. The Morgan fingerprint density at radius 2 is 1.66 bits per heavy atom. The summed E-state index contributed by atoms with van der Waals surface area (Å²) in [6, 6.07) is 13.2. The smallest absolute Gasteiger partial charge is 0.307 e. The molecule has 2 heterocycles. The molecule has 0 saturated heterocycles. The van der Waals surface area contributed by atoms with Crippen LogP contribution >= 0.6 is 11.3 Å². The number of imide groups is 1. The maximum absolute atomic E-state index is 12.3. The van der Waals surface area contributed by atoms with Gasteiger partial charge in [-0.05, 0) is 62.2 Å². The quantitative estimate of drug-likeness (QED) is 0.459.